The number of benzene rings is 2. The van der Waals surface area contributed by atoms with Crippen molar-refractivity contribution in [3.8, 4) is 0 Å². The number of anilines is 2. The lowest BCUT2D eigenvalue weighted by molar-refractivity contribution is -0.135. The van der Waals surface area contributed by atoms with Gasteiger partial charge in [-0.3, -0.25) is 33.4 Å². The Kier molecular flexibility index (Phi) is 12.2. The molecule has 3 aliphatic carbocycles. The Labute approximate surface area is 388 Å². The number of nitrogens with one attached hydrogen (secondary N) is 3. The van der Waals surface area contributed by atoms with E-state index in [2.05, 4.69) is 37.4 Å². The molecule has 1 spiro atoms. The topological polar surface area (TPSA) is 192 Å². The van der Waals surface area contributed by atoms with E-state index in [-0.39, 0.29) is 57.6 Å². The predicted octanol–water partition coefficient (Wildman–Crippen LogP) is 6.37. The van der Waals surface area contributed by atoms with Gasteiger partial charge in [-0.05, 0) is 155 Å². The van der Waals surface area contributed by atoms with Crippen molar-refractivity contribution in [1.82, 2.24) is 38.6 Å². The average Bonchev–Trinajstić information content (AvgIpc) is 3.91. The summed E-state index contributed by atoms with van der Waals surface area (Å²) in [5, 5.41) is 6.48. The quantitative estimate of drug-likeness (QED) is 0.0879. The second kappa shape index (κ2) is 17.9. The van der Waals surface area contributed by atoms with Crippen LogP contribution >= 0.6 is 11.6 Å². The molecule has 5 aliphatic rings. The fourth-order valence-electron chi connectivity index (χ4n) is 11.4. The lowest BCUT2D eigenvalue weighted by Crippen LogP contribution is -2.44. The number of carbonyl (C=O) groups is 2. The number of hydrogen-bond acceptors (Lipinski definition) is 11. The van der Waals surface area contributed by atoms with Crippen LogP contribution in [0.25, 0.3) is 22.1 Å². The maximum atomic E-state index is 13.4. The number of halogens is 1. The Morgan fingerprint density at radius 1 is 0.909 bits per heavy atom. The molecule has 2 amide bonds. The second-order valence-corrected chi connectivity index (χ2v) is 21.6. The number of aromatic nitrogens is 5. The minimum atomic E-state index is -3.78. The number of nitrogens with zero attached hydrogens (tertiary/aromatic N) is 6. The van der Waals surface area contributed by atoms with E-state index in [4.69, 9.17) is 21.3 Å². The molecule has 0 bridgehead atoms. The summed E-state index contributed by atoms with van der Waals surface area (Å²) in [6.07, 6.45) is 13.8. The normalized spacial score (nSPS) is 23.8. The highest BCUT2D eigenvalue weighted by Gasteiger charge is 2.53. The van der Waals surface area contributed by atoms with E-state index in [1.54, 1.807) is 46.6 Å². The Morgan fingerprint density at radius 3 is 2.44 bits per heavy atom. The largest absolute Gasteiger partial charge is 0.377 e. The molecular weight excluding hydrogens is 882 g/mol. The van der Waals surface area contributed by atoms with Crippen molar-refractivity contribution in [2.75, 3.05) is 38.1 Å². The number of aryl methyl sites for hydroxylation is 2. The van der Waals surface area contributed by atoms with Crippen molar-refractivity contribution >= 4 is 67.1 Å². The maximum Gasteiger partial charge on any atom is 0.329 e. The SMILES string of the molecule is Cc1cc(S(=O)(=O)NCCO[C@H]2CC[C@H](CN3CCC(c4ccc5c(c4)n(C)c(=O)n5C4CCC(=O)NC4=O)CC3)CC2)ccc1Nc1ncc2cc(Cl)c(=O)n(C3CCCC34CC4)c2n1. The van der Waals surface area contributed by atoms with Crippen LogP contribution in [0.3, 0.4) is 0 Å². The summed E-state index contributed by atoms with van der Waals surface area (Å²) in [7, 11) is -2.04. The zero-order chi connectivity index (χ0) is 45.9. The van der Waals surface area contributed by atoms with Gasteiger partial charge in [-0.1, -0.05) is 24.1 Å². The fraction of sp³-hybridized carbons (Fsp3) is 0.542. The van der Waals surface area contributed by atoms with Crippen LogP contribution in [-0.4, -0.2) is 87.7 Å². The Bertz CT molecular complexity index is 2950. The minimum absolute atomic E-state index is 0.0645. The molecule has 2 atom stereocenters. The highest BCUT2D eigenvalue weighted by Crippen LogP contribution is 2.63. The molecule has 5 aromatic rings. The van der Waals surface area contributed by atoms with Gasteiger partial charge in [-0.15, -0.1) is 0 Å². The van der Waals surface area contributed by atoms with Gasteiger partial charge in [0.05, 0.1) is 28.6 Å². The summed E-state index contributed by atoms with van der Waals surface area (Å²) in [6.45, 7) is 5.37. The van der Waals surface area contributed by atoms with Crippen molar-refractivity contribution in [2.24, 2.45) is 18.4 Å². The van der Waals surface area contributed by atoms with E-state index in [1.807, 2.05) is 13.0 Å². The molecule has 3 saturated carbocycles. The van der Waals surface area contributed by atoms with Crippen molar-refractivity contribution in [3.05, 3.63) is 85.6 Å². The second-order valence-electron chi connectivity index (χ2n) is 19.4. The van der Waals surface area contributed by atoms with Crippen molar-refractivity contribution in [2.45, 2.75) is 119 Å². The number of rotatable bonds is 13. The number of carbonyl (C=O) groups excluding carboxylic acids is 2. The highest BCUT2D eigenvalue weighted by atomic mass is 35.5. The summed E-state index contributed by atoms with van der Waals surface area (Å²) in [5.74, 6) is 0.571. The molecule has 2 aliphatic heterocycles. The summed E-state index contributed by atoms with van der Waals surface area (Å²) in [4.78, 5) is 63.0. The van der Waals surface area contributed by atoms with Gasteiger partial charge in [0.2, 0.25) is 27.8 Å². The van der Waals surface area contributed by atoms with Gasteiger partial charge in [0.25, 0.3) is 5.56 Å². The molecular formula is C48H58ClN9O7S. The number of imidazole rings is 1. The molecule has 2 unspecified atom stereocenters. The fourth-order valence-corrected chi connectivity index (χ4v) is 12.7. The number of amides is 2. The molecule has 18 heteroatoms. The summed E-state index contributed by atoms with van der Waals surface area (Å²) >= 11 is 6.40. The zero-order valence-electron chi connectivity index (χ0n) is 37.6. The average molecular weight is 941 g/mol. The third-order valence-electron chi connectivity index (χ3n) is 15.3. The van der Waals surface area contributed by atoms with Crippen molar-refractivity contribution in [1.29, 1.82) is 0 Å². The van der Waals surface area contributed by atoms with Crippen LogP contribution in [0.4, 0.5) is 11.6 Å². The maximum absolute atomic E-state index is 13.4. The third kappa shape index (κ3) is 8.72. The van der Waals surface area contributed by atoms with Gasteiger partial charge in [0, 0.05) is 49.9 Å². The first-order chi connectivity index (χ1) is 31.8. The van der Waals surface area contributed by atoms with Gasteiger partial charge in [-0.2, -0.15) is 4.98 Å². The molecule has 3 N–H and O–H groups in total. The number of piperidine rings is 2. The van der Waals surface area contributed by atoms with E-state index < -0.39 is 22.0 Å². The monoisotopic (exact) mass is 939 g/mol. The van der Waals surface area contributed by atoms with E-state index >= 15 is 0 Å². The number of likely N-dealkylation sites (tertiary alicyclic amines) is 1. The lowest BCUT2D eigenvalue weighted by Gasteiger charge is -2.36. The zero-order valence-corrected chi connectivity index (χ0v) is 39.1. The van der Waals surface area contributed by atoms with Crippen molar-refractivity contribution < 1.29 is 22.7 Å². The van der Waals surface area contributed by atoms with Crippen LogP contribution in [0.15, 0.2) is 63.1 Å². The summed E-state index contributed by atoms with van der Waals surface area (Å²) in [5.41, 5.74) is 4.32. The lowest BCUT2D eigenvalue weighted by atomic mass is 9.85. The molecule has 350 valence electrons. The van der Waals surface area contributed by atoms with Crippen molar-refractivity contribution in [3.63, 3.8) is 0 Å². The summed E-state index contributed by atoms with van der Waals surface area (Å²) in [6, 6.07) is 12.0. The third-order valence-corrected chi connectivity index (χ3v) is 17.0. The molecule has 16 nitrogen and oxygen atoms in total. The van der Waals surface area contributed by atoms with E-state index in [1.165, 1.54) is 10.1 Å². The first kappa shape index (κ1) is 44.9. The molecule has 66 heavy (non-hydrogen) atoms. The van der Waals surface area contributed by atoms with Gasteiger partial charge < -0.3 is 15.0 Å². The number of pyridine rings is 1. The van der Waals surface area contributed by atoms with Crippen LogP contribution in [0, 0.1) is 18.3 Å². The van der Waals surface area contributed by atoms with E-state index in [0.717, 1.165) is 95.8 Å². The van der Waals surface area contributed by atoms with Crippen LogP contribution in [0.2, 0.25) is 5.02 Å². The number of fused-ring (bicyclic) bond motifs is 2. The molecule has 10 rings (SSSR count). The van der Waals surface area contributed by atoms with Gasteiger partial charge >= 0.3 is 5.69 Å². The number of sulfonamides is 1. The molecule has 5 fully saturated rings. The van der Waals surface area contributed by atoms with Crippen LogP contribution < -0.4 is 26.6 Å². The number of imide groups is 1. The highest BCUT2D eigenvalue weighted by molar-refractivity contribution is 7.89. The smallest absolute Gasteiger partial charge is 0.329 e. The molecule has 2 saturated heterocycles. The molecule has 2 aromatic carbocycles. The Hall–Kier alpha value is -4.94. The predicted molar refractivity (Wildman–Crippen MR) is 252 cm³/mol. The molecule has 0 radical (unpaired) electrons. The first-order valence-electron chi connectivity index (χ1n) is 23.6. The standard InChI is InChI=1S/C48H58ClN9O7S/c1-29-24-35(10-11-37(29)52-46-50-27-33-25-36(49)45(61)58(43(33)54-46)41-4-3-17-48(41)18-19-48)66(63,64)51-20-23-65-34-8-5-30(6-9-34)28-56-21-15-31(16-22-56)32-7-12-38-40(26-32)55(2)47(62)57(38)39-13-14-42(59)53-44(39)60/h7,10-12,24-27,30-31,34,39,41,51H,3-6,8-9,13-23,28H2,1-2H3,(H,50,52,54)(H,53,59,60)/t30-,34-,39?,41?. The van der Waals surface area contributed by atoms with Crippen LogP contribution in [0.5, 0.6) is 0 Å². The van der Waals surface area contributed by atoms with Gasteiger partial charge in [0.1, 0.15) is 16.7 Å². The summed E-state index contributed by atoms with van der Waals surface area (Å²) < 4.78 is 40.4. The van der Waals surface area contributed by atoms with Crippen LogP contribution in [-0.2, 0) is 31.4 Å². The van der Waals surface area contributed by atoms with E-state index in [9.17, 15) is 27.6 Å². The first-order valence-corrected chi connectivity index (χ1v) is 25.5. The van der Waals surface area contributed by atoms with Gasteiger partial charge in [-0.25, -0.2) is 22.9 Å². The Morgan fingerprint density at radius 2 is 1.70 bits per heavy atom. The molecule has 5 heterocycles. The number of ether oxygens (including phenoxy) is 1. The molecule has 3 aromatic heterocycles. The van der Waals surface area contributed by atoms with Gasteiger partial charge in [0.15, 0.2) is 0 Å². The minimum Gasteiger partial charge on any atom is -0.377 e. The van der Waals surface area contributed by atoms with E-state index in [0.29, 0.717) is 58.6 Å². The Balaban J connectivity index is 0.669. The number of hydrogen-bond donors (Lipinski definition) is 3. The van der Waals surface area contributed by atoms with Crippen LogP contribution in [0.1, 0.15) is 113 Å².